The molecule has 1 aliphatic carbocycles. The molecule has 3 atom stereocenters. The highest BCUT2D eigenvalue weighted by Crippen LogP contribution is 2.61. The summed E-state index contributed by atoms with van der Waals surface area (Å²) in [4.78, 5) is 49.2. The number of Topliss-reactive ketones (excluding diaryl/α,β-unsaturated/α-hetero) is 3. The zero-order valence-corrected chi connectivity index (χ0v) is 20.2. The average Bonchev–Trinajstić information content (AvgIpc) is 3.29. The van der Waals surface area contributed by atoms with Crippen molar-refractivity contribution in [1.82, 2.24) is 4.98 Å². The molecule has 3 aromatic rings. The first kappa shape index (κ1) is 22.5. The lowest BCUT2D eigenvalue weighted by molar-refractivity contribution is -0.127. The van der Waals surface area contributed by atoms with E-state index in [0.29, 0.717) is 27.9 Å². The molecule has 180 valence electrons. The minimum absolute atomic E-state index is 0.0969. The minimum atomic E-state index is -1.55. The van der Waals surface area contributed by atoms with E-state index in [9.17, 15) is 18.8 Å². The molecule has 0 amide bonds. The standard InChI is InChI=1S/C30H25FN2O3/c1-29(2,3)28(36)25-24(18-7-6-14-32-16-18)30(26(34)20-8-4-5-9-21(20)27(30)35)23-13-10-17-15-19(31)11-12-22(17)33(23)25/h4-16,23-25H,1-3H3/t23?,24-,25+/m0/s1. The van der Waals surface area contributed by atoms with E-state index < -0.39 is 34.6 Å². The molecule has 0 N–H and O–H groups in total. The largest absolute Gasteiger partial charge is 0.352 e. The van der Waals surface area contributed by atoms with Crippen molar-refractivity contribution in [3.63, 3.8) is 0 Å². The molecule has 6 heteroatoms. The van der Waals surface area contributed by atoms with E-state index in [-0.39, 0.29) is 17.3 Å². The molecule has 1 unspecified atom stereocenters. The second-order valence-electron chi connectivity index (χ2n) is 10.8. The summed E-state index contributed by atoms with van der Waals surface area (Å²) >= 11 is 0. The van der Waals surface area contributed by atoms with Crippen LogP contribution in [0.15, 0.2) is 73.1 Å². The number of fused-ring (bicyclic) bond motifs is 5. The van der Waals surface area contributed by atoms with Crippen molar-refractivity contribution in [1.29, 1.82) is 0 Å². The van der Waals surface area contributed by atoms with Crippen LogP contribution in [0.4, 0.5) is 10.1 Å². The number of rotatable bonds is 2. The number of ketones is 3. The predicted molar refractivity (Wildman–Crippen MR) is 134 cm³/mol. The van der Waals surface area contributed by atoms with Crippen LogP contribution in [-0.2, 0) is 4.79 Å². The van der Waals surface area contributed by atoms with E-state index >= 15 is 0 Å². The Balaban J connectivity index is 1.70. The van der Waals surface area contributed by atoms with Crippen LogP contribution < -0.4 is 4.90 Å². The molecule has 1 aromatic heterocycles. The fourth-order valence-electron chi connectivity index (χ4n) is 6.32. The lowest BCUT2D eigenvalue weighted by Gasteiger charge is -2.38. The van der Waals surface area contributed by atoms with Crippen LogP contribution in [0.2, 0.25) is 0 Å². The second kappa shape index (κ2) is 7.53. The summed E-state index contributed by atoms with van der Waals surface area (Å²) in [6.45, 7) is 5.52. The maximum Gasteiger partial charge on any atom is 0.180 e. The Kier molecular flexibility index (Phi) is 4.71. The number of pyridine rings is 1. The molecular weight excluding hydrogens is 455 g/mol. The fraction of sp³-hybridized carbons (Fsp3) is 0.267. The van der Waals surface area contributed by atoms with Crippen LogP contribution in [0.3, 0.4) is 0 Å². The predicted octanol–water partition coefficient (Wildman–Crippen LogP) is 5.27. The number of carbonyl (C=O) groups is 3. The smallest absolute Gasteiger partial charge is 0.180 e. The van der Waals surface area contributed by atoms with Crippen molar-refractivity contribution in [3.8, 4) is 0 Å². The quantitative estimate of drug-likeness (QED) is 0.468. The molecule has 2 aromatic carbocycles. The molecule has 0 radical (unpaired) electrons. The molecule has 5 nitrogen and oxygen atoms in total. The lowest BCUT2D eigenvalue weighted by atomic mass is 9.63. The van der Waals surface area contributed by atoms with E-state index in [1.165, 1.54) is 12.1 Å². The number of hydrogen-bond acceptors (Lipinski definition) is 5. The van der Waals surface area contributed by atoms with Gasteiger partial charge >= 0.3 is 0 Å². The summed E-state index contributed by atoms with van der Waals surface area (Å²) in [6.07, 6.45) is 6.83. The number of halogens is 1. The van der Waals surface area contributed by atoms with Gasteiger partial charge in [0, 0.05) is 46.1 Å². The van der Waals surface area contributed by atoms with Gasteiger partial charge in [0.05, 0.1) is 12.1 Å². The number of carbonyl (C=O) groups excluding carboxylic acids is 3. The molecule has 1 saturated heterocycles. The number of hydrogen-bond donors (Lipinski definition) is 0. The molecule has 0 saturated carbocycles. The highest BCUT2D eigenvalue weighted by molar-refractivity contribution is 6.32. The Bertz CT molecular complexity index is 1440. The first-order valence-electron chi connectivity index (χ1n) is 12.1. The summed E-state index contributed by atoms with van der Waals surface area (Å²) < 4.78 is 14.2. The van der Waals surface area contributed by atoms with Crippen molar-refractivity contribution in [3.05, 3.63) is 101 Å². The monoisotopic (exact) mass is 480 g/mol. The van der Waals surface area contributed by atoms with Crippen molar-refractivity contribution in [2.24, 2.45) is 10.8 Å². The van der Waals surface area contributed by atoms with Crippen molar-refractivity contribution < 1.29 is 18.8 Å². The Morgan fingerprint density at radius 3 is 2.31 bits per heavy atom. The van der Waals surface area contributed by atoms with Gasteiger partial charge in [-0.05, 0) is 29.8 Å². The van der Waals surface area contributed by atoms with E-state index in [0.717, 1.165) is 0 Å². The van der Waals surface area contributed by atoms with Crippen LogP contribution >= 0.6 is 0 Å². The van der Waals surface area contributed by atoms with E-state index in [2.05, 4.69) is 4.98 Å². The van der Waals surface area contributed by atoms with E-state index in [1.54, 1.807) is 60.9 Å². The third-order valence-corrected chi connectivity index (χ3v) is 7.82. The SMILES string of the molecule is CC(C)(C)C(=O)[C@H]1[C@H](c2cccnc2)C2(C(=O)c3ccccc3C2=O)C2C=Cc3cc(F)ccc3N21. The van der Waals surface area contributed by atoms with Gasteiger partial charge in [-0.25, -0.2) is 4.39 Å². The molecule has 6 rings (SSSR count). The van der Waals surface area contributed by atoms with Crippen LogP contribution in [0.5, 0.6) is 0 Å². The number of nitrogens with zero attached hydrogens (tertiary/aromatic N) is 2. The van der Waals surface area contributed by atoms with Gasteiger partial charge in [-0.1, -0.05) is 63.3 Å². The van der Waals surface area contributed by atoms with Crippen LogP contribution in [0, 0.1) is 16.6 Å². The van der Waals surface area contributed by atoms with E-state index in [1.807, 2.05) is 31.7 Å². The van der Waals surface area contributed by atoms with Gasteiger partial charge in [0.25, 0.3) is 0 Å². The first-order valence-corrected chi connectivity index (χ1v) is 12.1. The second-order valence-corrected chi connectivity index (χ2v) is 10.8. The van der Waals surface area contributed by atoms with Gasteiger partial charge < -0.3 is 4.90 Å². The van der Waals surface area contributed by atoms with Gasteiger partial charge in [0.2, 0.25) is 0 Å². The molecule has 1 spiro atoms. The van der Waals surface area contributed by atoms with Crippen LogP contribution in [-0.4, -0.2) is 34.4 Å². The molecule has 3 heterocycles. The summed E-state index contributed by atoms with van der Waals surface area (Å²) in [6, 6.07) is 13.3. The molecule has 1 fully saturated rings. The topological polar surface area (TPSA) is 67.3 Å². The third kappa shape index (κ3) is 2.81. The van der Waals surface area contributed by atoms with Crippen LogP contribution in [0.1, 0.15) is 58.5 Å². The summed E-state index contributed by atoms with van der Waals surface area (Å²) in [5.74, 6) is -1.84. The number of benzene rings is 2. The Hall–Kier alpha value is -3.93. The Morgan fingerprint density at radius 1 is 1.00 bits per heavy atom. The van der Waals surface area contributed by atoms with Crippen LogP contribution in [0.25, 0.3) is 6.08 Å². The van der Waals surface area contributed by atoms with Crippen molar-refractivity contribution in [2.75, 3.05) is 4.90 Å². The fourth-order valence-corrected chi connectivity index (χ4v) is 6.32. The van der Waals surface area contributed by atoms with Gasteiger partial charge in [-0.2, -0.15) is 0 Å². The Morgan fingerprint density at radius 2 is 1.69 bits per heavy atom. The van der Waals surface area contributed by atoms with Gasteiger partial charge in [0.1, 0.15) is 11.2 Å². The molecule has 3 aliphatic rings. The third-order valence-electron chi connectivity index (χ3n) is 7.82. The van der Waals surface area contributed by atoms with Gasteiger partial charge in [0.15, 0.2) is 17.3 Å². The maximum absolute atomic E-state index is 14.4. The first-order chi connectivity index (χ1) is 17.2. The normalized spacial score (nSPS) is 23.6. The average molecular weight is 481 g/mol. The molecular formula is C30H25FN2O3. The highest BCUT2D eigenvalue weighted by atomic mass is 19.1. The van der Waals surface area contributed by atoms with E-state index in [4.69, 9.17) is 0 Å². The summed E-state index contributed by atoms with van der Waals surface area (Å²) in [7, 11) is 0. The highest BCUT2D eigenvalue weighted by Gasteiger charge is 2.72. The summed E-state index contributed by atoms with van der Waals surface area (Å²) in [5, 5.41) is 0. The number of anilines is 1. The molecule has 0 bridgehead atoms. The zero-order valence-electron chi connectivity index (χ0n) is 20.2. The van der Waals surface area contributed by atoms with Crippen molar-refractivity contribution in [2.45, 2.75) is 38.8 Å². The molecule has 36 heavy (non-hydrogen) atoms. The Labute approximate surface area is 208 Å². The molecule has 2 aliphatic heterocycles. The van der Waals surface area contributed by atoms with Crippen molar-refractivity contribution >= 4 is 29.1 Å². The summed E-state index contributed by atoms with van der Waals surface area (Å²) in [5.41, 5.74) is 0.323. The number of aromatic nitrogens is 1. The lowest BCUT2D eigenvalue weighted by Crippen LogP contribution is -2.49. The maximum atomic E-state index is 14.4. The minimum Gasteiger partial charge on any atom is -0.352 e. The van der Waals surface area contributed by atoms with Gasteiger partial charge in [-0.3, -0.25) is 19.4 Å². The zero-order chi connectivity index (χ0) is 25.4. The van der Waals surface area contributed by atoms with Gasteiger partial charge in [-0.15, -0.1) is 0 Å².